The lowest BCUT2D eigenvalue weighted by Gasteiger charge is -2.05. The van der Waals surface area contributed by atoms with Gasteiger partial charge in [0.2, 0.25) is 0 Å². The van der Waals surface area contributed by atoms with Gasteiger partial charge < -0.3 is 18.9 Å². The van der Waals surface area contributed by atoms with E-state index < -0.39 is 11.9 Å². The molecule has 0 unspecified atom stereocenters. The SMILES string of the molecule is CCCOc1ccc(C2=c3ccc4c5c(ccc4c3OC2=O)=C(c2ccc(OCCC)cc2)C(=O)O5)cc1. The predicted molar refractivity (Wildman–Crippen MR) is 144 cm³/mol. The molecule has 0 amide bonds. The molecule has 2 aliphatic rings. The van der Waals surface area contributed by atoms with Crippen molar-refractivity contribution in [1.82, 2.24) is 0 Å². The van der Waals surface area contributed by atoms with Crippen LogP contribution >= 0.6 is 0 Å². The Morgan fingerprint density at radius 3 is 1.32 bits per heavy atom. The fourth-order valence-electron chi connectivity index (χ4n) is 4.89. The monoisotopic (exact) mass is 506 g/mol. The van der Waals surface area contributed by atoms with Gasteiger partial charge in [0.1, 0.15) is 23.0 Å². The number of rotatable bonds is 8. The molecule has 0 saturated heterocycles. The lowest BCUT2D eigenvalue weighted by atomic mass is 9.99. The Labute approximate surface area is 219 Å². The highest BCUT2D eigenvalue weighted by Crippen LogP contribution is 2.35. The number of fused-ring (bicyclic) bond motifs is 5. The van der Waals surface area contributed by atoms with Gasteiger partial charge in [-0.05, 0) is 72.5 Å². The molecule has 0 saturated carbocycles. The van der Waals surface area contributed by atoms with Crippen LogP contribution in [0.25, 0.3) is 21.9 Å². The molecule has 4 aromatic carbocycles. The van der Waals surface area contributed by atoms with E-state index in [2.05, 4.69) is 13.8 Å². The molecule has 190 valence electrons. The van der Waals surface area contributed by atoms with Crippen LogP contribution in [0.15, 0.2) is 72.8 Å². The Balaban J connectivity index is 1.44. The fourth-order valence-corrected chi connectivity index (χ4v) is 4.89. The molecular weight excluding hydrogens is 480 g/mol. The molecule has 6 heteroatoms. The summed E-state index contributed by atoms with van der Waals surface area (Å²) in [5.74, 6) is 1.63. The van der Waals surface area contributed by atoms with E-state index in [9.17, 15) is 9.59 Å². The molecule has 4 aromatic rings. The molecule has 0 atom stereocenters. The minimum atomic E-state index is -0.412. The maximum atomic E-state index is 13.0. The molecule has 0 bridgehead atoms. The second-order valence-electron chi connectivity index (χ2n) is 9.25. The second-order valence-corrected chi connectivity index (χ2v) is 9.25. The summed E-state index contributed by atoms with van der Waals surface area (Å²) in [7, 11) is 0. The first-order valence-corrected chi connectivity index (χ1v) is 12.8. The molecule has 2 heterocycles. The Morgan fingerprint density at radius 2 is 0.947 bits per heavy atom. The van der Waals surface area contributed by atoms with Crippen LogP contribution in [0, 0.1) is 0 Å². The average molecular weight is 507 g/mol. The minimum Gasteiger partial charge on any atom is -0.494 e. The van der Waals surface area contributed by atoms with Gasteiger partial charge in [-0.15, -0.1) is 0 Å². The molecule has 0 aliphatic carbocycles. The van der Waals surface area contributed by atoms with Crippen molar-refractivity contribution < 1.29 is 28.5 Å². The van der Waals surface area contributed by atoms with Crippen LogP contribution in [0.5, 0.6) is 23.0 Å². The third-order valence-electron chi connectivity index (χ3n) is 6.67. The predicted octanol–water partition coefficient (Wildman–Crippen LogP) is 4.65. The first-order valence-electron chi connectivity index (χ1n) is 12.8. The van der Waals surface area contributed by atoms with E-state index in [0.29, 0.717) is 57.1 Å². The number of ether oxygens (including phenoxy) is 4. The highest BCUT2D eigenvalue weighted by molar-refractivity contribution is 6.23. The molecule has 0 radical (unpaired) electrons. The Kier molecular flexibility index (Phi) is 6.08. The van der Waals surface area contributed by atoms with Crippen molar-refractivity contribution in [2.45, 2.75) is 26.7 Å². The van der Waals surface area contributed by atoms with Crippen LogP contribution in [0.3, 0.4) is 0 Å². The quantitative estimate of drug-likeness (QED) is 0.256. The fraction of sp³-hybridized carbons (Fsp3) is 0.188. The van der Waals surface area contributed by atoms with Gasteiger partial charge in [-0.25, -0.2) is 9.59 Å². The Bertz CT molecular complexity index is 1570. The van der Waals surface area contributed by atoms with E-state index in [1.54, 1.807) is 0 Å². The van der Waals surface area contributed by atoms with E-state index in [1.165, 1.54) is 0 Å². The van der Waals surface area contributed by atoms with Gasteiger partial charge in [-0.1, -0.05) is 38.1 Å². The first kappa shape index (κ1) is 23.8. The Hall–Kier alpha value is -4.58. The summed E-state index contributed by atoms with van der Waals surface area (Å²) in [6.45, 7) is 5.38. The van der Waals surface area contributed by atoms with Crippen LogP contribution in [-0.4, -0.2) is 25.2 Å². The molecule has 38 heavy (non-hydrogen) atoms. The van der Waals surface area contributed by atoms with Gasteiger partial charge in [0.25, 0.3) is 0 Å². The maximum absolute atomic E-state index is 13.0. The zero-order valence-electron chi connectivity index (χ0n) is 21.2. The van der Waals surface area contributed by atoms with Crippen LogP contribution in [-0.2, 0) is 9.59 Å². The van der Waals surface area contributed by atoms with Crippen molar-refractivity contribution in [3.63, 3.8) is 0 Å². The van der Waals surface area contributed by atoms with Gasteiger partial charge in [0.05, 0.1) is 24.4 Å². The summed E-state index contributed by atoms with van der Waals surface area (Å²) < 4.78 is 22.8. The van der Waals surface area contributed by atoms with Crippen LogP contribution in [0.1, 0.15) is 37.8 Å². The molecule has 6 nitrogen and oxygen atoms in total. The number of benzene rings is 4. The van der Waals surface area contributed by atoms with Crippen molar-refractivity contribution in [3.8, 4) is 23.0 Å². The van der Waals surface area contributed by atoms with Crippen LogP contribution in [0.2, 0.25) is 0 Å². The molecule has 0 fully saturated rings. The standard InChI is InChI=1S/C32H26O6/c1-3-17-35-21-9-5-19(6-10-21)27-25-15-13-24-23(29(25)37-31(27)33)14-16-26-28(32(34)38-30(24)26)20-7-11-22(12-8-20)36-18-4-2/h5-16H,3-4,17-18H2,1-2H3. The van der Waals surface area contributed by atoms with Crippen molar-refractivity contribution in [2.24, 2.45) is 0 Å². The lowest BCUT2D eigenvalue weighted by molar-refractivity contribution is -0.128. The van der Waals surface area contributed by atoms with Gasteiger partial charge in [-0.2, -0.15) is 0 Å². The summed E-state index contributed by atoms with van der Waals surface area (Å²) in [4.78, 5) is 25.9. The van der Waals surface area contributed by atoms with E-state index in [4.69, 9.17) is 18.9 Å². The van der Waals surface area contributed by atoms with Crippen molar-refractivity contribution in [1.29, 1.82) is 0 Å². The summed E-state index contributed by atoms with van der Waals surface area (Å²) >= 11 is 0. The van der Waals surface area contributed by atoms with Crippen LogP contribution < -0.4 is 29.4 Å². The van der Waals surface area contributed by atoms with Gasteiger partial charge in [0.15, 0.2) is 0 Å². The maximum Gasteiger partial charge on any atom is 0.344 e. The first-order chi connectivity index (χ1) is 18.6. The molecule has 6 rings (SSSR count). The zero-order valence-corrected chi connectivity index (χ0v) is 21.2. The number of carbonyl (C=O) groups excluding carboxylic acids is 2. The smallest absolute Gasteiger partial charge is 0.344 e. The zero-order chi connectivity index (χ0) is 26.2. The van der Waals surface area contributed by atoms with Crippen LogP contribution in [0.4, 0.5) is 0 Å². The molecule has 0 N–H and O–H groups in total. The third-order valence-corrected chi connectivity index (χ3v) is 6.67. The van der Waals surface area contributed by atoms with Crippen molar-refractivity contribution in [2.75, 3.05) is 13.2 Å². The van der Waals surface area contributed by atoms with Gasteiger partial charge in [0, 0.05) is 21.2 Å². The summed E-state index contributed by atoms with van der Waals surface area (Å²) in [5, 5.41) is 2.84. The van der Waals surface area contributed by atoms with Crippen molar-refractivity contribution in [3.05, 3.63) is 94.4 Å². The number of hydrogen-bond donors (Lipinski definition) is 0. The Morgan fingerprint density at radius 1 is 0.553 bits per heavy atom. The largest absolute Gasteiger partial charge is 0.494 e. The summed E-state index contributed by atoms with van der Waals surface area (Å²) in [6.07, 6.45) is 1.84. The summed E-state index contributed by atoms with van der Waals surface area (Å²) in [6, 6.07) is 22.4. The number of hydrogen-bond acceptors (Lipinski definition) is 6. The highest BCUT2D eigenvalue weighted by Gasteiger charge is 2.30. The topological polar surface area (TPSA) is 71.1 Å². The molecule has 0 aromatic heterocycles. The van der Waals surface area contributed by atoms with E-state index in [-0.39, 0.29) is 0 Å². The number of esters is 2. The average Bonchev–Trinajstić information content (AvgIpc) is 3.46. The second kappa shape index (κ2) is 9.71. The third kappa shape index (κ3) is 3.98. The van der Waals surface area contributed by atoms with Crippen molar-refractivity contribution >= 4 is 33.9 Å². The van der Waals surface area contributed by atoms with E-state index >= 15 is 0 Å². The molecular formula is C32H26O6. The van der Waals surface area contributed by atoms with Gasteiger partial charge in [-0.3, -0.25) is 0 Å². The normalized spacial score (nSPS) is 13.8. The van der Waals surface area contributed by atoms with Gasteiger partial charge >= 0.3 is 11.9 Å². The van der Waals surface area contributed by atoms with E-state index in [0.717, 1.165) is 35.5 Å². The summed E-state index contributed by atoms with van der Waals surface area (Å²) in [5.41, 5.74) is 2.51. The molecule has 2 aliphatic heterocycles. The highest BCUT2D eigenvalue weighted by atomic mass is 16.5. The van der Waals surface area contributed by atoms with E-state index in [1.807, 2.05) is 72.8 Å². The minimum absolute atomic E-state index is 0.412. The molecule has 0 spiro atoms. The lowest BCUT2D eigenvalue weighted by Crippen LogP contribution is -2.07. The number of carbonyl (C=O) groups is 2.